The van der Waals surface area contributed by atoms with Crippen molar-refractivity contribution in [3.8, 4) is 0 Å². The van der Waals surface area contributed by atoms with E-state index in [9.17, 15) is 22.8 Å². The van der Waals surface area contributed by atoms with Crippen LogP contribution in [0.1, 0.15) is 34.1 Å². The summed E-state index contributed by atoms with van der Waals surface area (Å²) < 4.78 is 44.9. The fourth-order valence-corrected chi connectivity index (χ4v) is 6.11. The lowest BCUT2D eigenvalue weighted by atomic mass is 10.1. The molecule has 0 saturated carbocycles. The average molecular weight is 629 g/mol. The van der Waals surface area contributed by atoms with E-state index in [0.717, 1.165) is 23.1 Å². The van der Waals surface area contributed by atoms with Gasteiger partial charge in [-0.15, -0.1) is 0 Å². The molecule has 0 aliphatic carbocycles. The standard InChI is InChI=1S/C31H35F3N6O3S/c1-22(41)37-10-16-40(17-11-37)29(42)24-8-6-23(7-9-24)21-44-30-35-26(20-43-2)19-28(36-30)39-14-12-38(13-15-39)27-5-3-4-25(18-27)31(32,33)34/h3-9,18-19H,10-17,20-21H2,1-2H3. The van der Waals surface area contributed by atoms with Gasteiger partial charge in [-0.25, -0.2) is 9.97 Å². The zero-order valence-corrected chi connectivity index (χ0v) is 25.5. The lowest BCUT2D eigenvalue weighted by Gasteiger charge is -2.37. The van der Waals surface area contributed by atoms with Crippen molar-refractivity contribution in [2.75, 3.05) is 69.3 Å². The van der Waals surface area contributed by atoms with Gasteiger partial charge in [-0.1, -0.05) is 30.0 Å². The summed E-state index contributed by atoms with van der Waals surface area (Å²) in [5, 5.41) is 0.596. The number of hydrogen-bond acceptors (Lipinski definition) is 8. The molecule has 3 heterocycles. The van der Waals surface area contributed by atoms with Crippen LogP contribution in [-0.4, -0.2) is 91.0 Å². The van der Waals surface area contributed by atoms with Crippen molar-refractivity contribution in [2.24, 2.45) is 0 Å². The number of aromatic nitrogens is 2. The Hall–Kier alpha value is -3.84. The Kier molecular flexibility index (Phi) is 9.94. The molecule has 0 radical (unpaired) electrons. The van der Waals surface area contributed by atoms with Crippen LogP contribution in [0.2, 0.25) is 0 Å². The number of carbonyl (C=O) groups is 2. The van der Waals surface area contributed by atoms with E-state index in [-0.39, 0.29) is 11.8 Å². The van der Waals surface area contributed by atoms with E-state index in [0.29, 0.717) is 81.1 Å². The number of alkyl halides is 3. The monoisotopic (exact) mass is 628 g/mol. The summed E-state index contributed by atoms with van der Waals surface area (Å²) in [7, 11) is 1.61. The smallest absolute Gasteiger partial charge is 0.378 e. The molecule has 9 nitrogen and oxygen atoms in total. The van der Waals surface area contributed by atoms with Crippen LogP contribution in [0.25, 0.3) is 0 Å². The van der Waals surface area contributed by atoms with Crippen molar-refractivity contribution in [3.63, 3.8) is 0 Å². The second-order valence-electron chi connectivity index (χ2n) is 10.7. The van der Waals surface area contributed by atoms with Gasteiger partial charge in [-0.05, 0) is 35.9 Å². The molecular formula is C31H35F3N6O3S. The molecular weight excluding hydrogens is 593 g/mol. The first-order valence-corrected chi connectivity index (χ1v) is 15.4. The molecule has 234 valence electrons. The highest BCUT2D eigenvalue weighted by molar-refractivity contribution is 7.98. The van der Waals surface area contributed by atoms with Crippen LogP contribution < -0.4 is 9.80 Å². The van der Waals surface area contributed by atoms with Gasteiger partial charge < -0.3 is 24.3 Å². The highest BCUT2D eigenvalue weighted by Gasteiger charge is 2.31. The van der Waals surface area contributed by atoms with Gasteiger partial charge in [-0.2, -0.15) is 13.2 Å². The summed E-state index contributed by atoms with van der Waals surface area (Å²) in [4.78, 5) is 41.5. The summed E-state index contributed by atoms with van der Waals surface area (Å²) in [6.45, 7) is 6.33. The van der Waals surface area contributed by atoms with Crippen molar-refractivity contribution in [1.82, 2.24) is 19.8 Å². The second-order valence-corrected chi connectivity index (χ2v) is 11.7. The topological polar surface area (TPSA) is 82.1 Å². The van der Waals surface area contributed by atoms with Crippen molar-refractivity contribution in [2.45, 2.75) is 30.6 Å². The fourth-order valence-electron chi connectivity index (χ4n) is 5.28. The Morgan fingerprint density at radius 1 is 0.864 bits per heavy atom. The lowest BCUT2D eigenvalue weighted by molar-refractivity contribution is -0.137. The predicted octanol–water partition coefficient (Wildman–Crippen LogP) is 4.57. The van der Waals surface area contributed by atoms with Crippen LogP contribution in [0.3, 0.4) is 0 Å². The van der Waals surface area contributed by atoms with E-state index in [1.54, 1.807) is 29.9 Å². The van der Waals surface area contributed by atoms with Gasteiger partial charge in [0.2, 0.25) is 5.91 Å². The van der Waals surface area contributed by atoms with Crippen molar-refractivity contribution in [3.05, 3.63) is 77.0 Å². The number of carbonyl (C=O) groups excluding carboxylic acids is 2. The number of amides is 2. The molecule has 2 aromatic carbocycles. The Morgan fingerprint density at radius 3 is 2.16 bits per heavy atom. The Labute approximate surface area is 259 Å². The van der Waals surface area contributed by atoms with Gasteiger partial charge in [0.05, 0.1) is 17.9 Å². The number of benzene rings is 2. The number of anilines is 2. The van der Waals surface area contributed by atoms with Crippen LogP contribution in [-0.2, 0) is 28.1 Å². The van der Waals surface area contributed by atoms with Gasteiger partial charge in [0.15, 0.2) is 5.16 Å². The van der Waals surface area contributed by atoms with Crippen molar-refractivity contribution >= 4 is 35.1 Å². The number of nitrogens with zero attached hydrogens (tertiary/aromatic N) is 6. The minimum absolute atomic E-state index is 0.0272. The lowest BCUT2D eigenvalue weighted by Crippen LogP contribution is -2.50. The van der Waals surface area contributed by atoms with Gasteiger partial charge >= 0.3 is 6.18 Å². The van der Waals surface area contributed by atoms with E-state index in [4.69, 9.17) is 9.72 Å². The maximum absolute atomic E-state index is 13.2. The Morgan fingerprint density at radius 2 is 1.52 bits per heavy atom. The molecule has 5 rings (SSSR count). The number of rotatable bonds is 8. The van der Waals surface area contributed by atoms with E-state index in [1.165, 1.54) is 23.9 Å². The van der Waals surface area contributed by atoms with Gasteiger partial charge in [-0.3, -0.25) is 9.59 Å². The molecule has 2 amide bonds. The third-order valence-corrected chi connectivity index (χ3v) is 8.68. The highest BCUT2D eigenvalue weighted by atomic mass is 32.2. The zero-order chi connectivity index (χ0) is 31.3. The minimum Gasteiger partial charge on any atom is -0.378 e. The van der Waals surface area contributed by atoms with Crippen LogP contribution in [0.5, 0.6) is 0 Å². The van der Waals surface area contributed by atoms with E-state index in [1.807, 2.05) is 35.2 Å². The Balaban J connectivity index is 1.19. The first kappa shape index (κ1) is 31.6. The maximum atomic E-state index is 13.2. The third kappa shape index (κ3) is 7.81. The minimum atomic E-state index is -4.38. The maximum Gasteiger partial charge on any atom is 0.416 e. The number of thioether (sulfide) groups is 1. The number of methoxy groups -OCH3 is 1. The van der Waals surface area contributed by atoms with Crippen LogP contribution in [0.15, 0.2) is 59.8 Å². The summed E-state index contributed by atoms with van der Waals surface area (Å²) in [6, 6.07) is 14.8. The van der Waals surface area contributed by atoms with Crippen LogP contribution >= 0.6 is 11.8 Å². The molecule has 2 aliphatic rings. The molecule has 0 atom stereocenters. The highest BCUT2D eigenvalue weighted by Crippen LogP contribution is 2.32. The molecule has 3 aromatic rings. The van der Waals surface area contributed by atoms with Crippen molar-refractivity contribution in [1.29, 1.82) is 0 Å². The molecule has 2 saturated heterocycles. The molecule has 2 aliphatic heterocycles. The van der Waals surface area contributed by atoms with E-state index < -0.39 is 11.7 Å². The number of hydrogen-bond donors (Lipinski definition) is 0. The average Bonchev–Trinajstić information content (AvgIpc) is 3.03. The number of ether oxygens (including phenoxy) is 1. The largest absolute Gasteiger partial charge is 0.416 e. The zero-order valence-electron chi connectivity index (χ0n) is 24.7. The molecule has 0 unspecified atom stereocenters. The first-order valence-electron chi connectivity index (χ1n) is 14.4. The van der Waals surface area contributed by atoms with Gasteiger partial charge in [0.1, 0.15) is 5.82 Å². The van der Waals surface area contributed by atoms with Gasteiger partial charge in [0, 0.05) is 89.5 Å². The normalized spacial score (nSPS) is 15.9. The number of piperazine rings is 2. The molecule has 0 spiro atoms. The van der Waals surface area contributed by atoms with Gasteiger partial charge in [0.25, 0.3) is 5.91 Å². The third-order valence-electron chi connectivity index (χ3n) is 7.76. The second kappa shape index (κ2) is 13.9. The molecule has 13 heteroatoms. The first-order chi connectivity index (χ1) is 21.1. The number of halogens is 3. The summed E-state index contributed by atoms with van der Waals surface area (Å²) in [5.41, 5.74) is 2.28. The summed E-state index contributed by atoms with van der Waals surface area (Å²) in [5.74, 6) is 1.34. The van der Waals surface area contributed by atoms with E-state index in [2.05, 4.69) is 9.88 Å². The quantitative estimate of drug-likeness (QED) is 0.265. The van der Waals surface area contributed by atoms with E-state index >= 15 is 0 Å². The molecule has 44 heavy (non-hydrogen) atoms. The Bertz CT molecular complexity index is 1460. The molecule has 0 bridgehead atoms. The van der Waals surface area contributed by atoms with Crippen molar-refractivity contribution < 1.29 is 27.5 Å². The van der Waals surface area contributed by atoms with Crippen LogP contribution in [0.4, 0.5) is 24.7 Å². The van der Waals surface area contributed by atoms with Crippen LogP contribution in [0, 0.1) is 0 Å². The fraction of sp³-hybridized carbons (Fsp3) is 0.419. The SMILES string of the molecule is COCc1cc(N2CCN(c3cccc(C(F)(F)F)c3)CC2)nc(SCc2ccc(C(=O)N3CCN(C(C)=O)CC3)cc2)n1. The molecule has 1 aromatic heterocycles. The molecule has 2 fully saturated rings. The predicted molar refractivity (Wildman–Crippen MR) is 163 cm³/mol. The molecule has 0 N–H and O–H groups in total. The summed E-state index contributed by atoms with van der Waals surface area (Å²) in [6.07, 6.45) is -4.38. The summed E-state index contributed by atoms with van der Waals surface area (Å²) >= 11 is 1.48.